The van der Waals surface area contributed by atoms with Crippen LogP contribution in [0.15, 0.2) is 24.3 Å². The van der Waals surface area contributed by atoms with E-state index in [1.54, 1.807) is 0 Å². The van der Waals surface area contributed by atoms with E-state index in [9.17, 15) is 4.39 Å². The van der Waals surface area contributed by atoms with Gasteiger partial charge in [-0.15, -0.1) is 12.4 Å². The van der Waals surface area contributed by atoms with Gasteiger partial charge in [-0.05, 0) is 18.1 Å². The van der Waals surface area contributed by atoms with Gasteiger partial charge >= 0.3 is 0 Å². The predicted molar refractivity (Wildman–Crippen MR) is 63.6 cm³/mol. The van der Waals surface area contributed by atoms with Crippen molar-refractivity contribution in [3.63, 3.8) is 0 Å². The van der Waals surface area contributed by atoms with Crippen molar-refractivity contribution in [3.05, 3.63) is 29.8 Å². The third kappa shape index (κ3) is 2.61. The monoisotopic (exact) mass is 230 g/mol. The van der Waals surface area contributed by atoms with E-state index < -0.39 is 6.17 Å². The third-order valence-corrected chi connectivity index (χ3v) is 2.66. The Morgan fingerprint density at radius 2 is 2.13 bits per heavy atom. The van der Waals surface area contributed by atoms with Crippen molar-refractivity contribution >= 4 is 18.1 Å². The fourth-order valence-electron chi connectivity index (χ4n) is 1.91. The Morgan fingerprint density at radius 3 is 2.87 bits per heavy atom. The van der Waals surface area contributed by atoms with Crippen molar-refractivity contribution in [2.24, 2.45) is 5.73 Å². The summed E-state index contributed by atoms with van der Waals surface area (Å²) in [6.07, 6.45) is 0.106. The van der Waals surface area contributed by atoms with Gasteiger partial charge in [0.15, 0.2) is 0 Å². The second-order valence-electron chi connectivity index (χ2n) is 3.66. The predicted octanol–water partition coefficient (Wildman–Crippen LogP) is 1.77. The molecule has 1 aliphatic rings. The molecule has 2 rings (SSSR count). The summed E-state index contributed by atoms with van der Waals surface area (Å²) in [5, 5.41) is 0. The molecule has 1 heterocycles. The number of nitrogens with zero attached hydrogens (tertiary/aromatic N) is 1. The van der Waals surface area contributed by atoms with Crippen LogP contribution >= 0.6 is 12.4 Å². The molecular formula is C11H16ClFN2. The lowest BCUT2D eigenvalue weighted by atomic mass is 10.2. The summed E-state index contributed by atoms with van der Waals surface area (Å²) < 4.78 is 13.1. The largest absolute Gasteiger partial charge is 0.368 e. The van der Waals surface area contributed by atoms with E-state index in [-0.39, 0.29) is 19.0 Å². The number of para-hydroxylation sites is 1. The fraction of sp³-hybridized carbons (Fsp3) is 0.455. The Labute approximate surface area is 95.7 Å². The summed E-state index contributed by atoms with van der Waals surface area (Å²) in [4.78, 5) is 2.08. The van der Waals surface area contributed by atoms with Gasteiger partial charge in [-0.2, -0.15) is 0 Å². The molecule has 1 unspecified atom stereocenters. The van der Waals surface area contributed by atoms with Gasteiger partial charge in [0, 0.05) is 18.8 Å². The molecular weight excluding hydrogens is 215 g/mol. The van der Waals surface area contributed by atoms with Gasteiger partial charge in [-0.1, -0.05) is 18.2 Å². The number of benzene rings is 1. The standard InChI is InChI=1S/C11H15FN2.ClH/c12-10(7-13)8-14-6-5-9-3-1-2-4-11(9)14;/h1-4,10H,5-8,13H2;1H. The average Bonchev–Trinajstić information content (AvgIpc) is 2.62. The summed E-state index contributed by atoms with van der Waals surface area (Å²) in [6, 6.07) is 8.17. The molecule has 0 saturated carbocycles. The van der Waals surface area contributed by atoms with Crippen LogP contribution in [-0.4, -0.2) is 25.8 Å². The molecule has 0 aromatic heterocycles. The molecule has 0 amide bonds. The lowest BCUT2D eigenvalue weighted by Gasteiger charge is -2.20. The van der Waals surface area contributed by atoms with Crippen molar-refractivity contribution in [1.29, 1.82) is 0 Å². The Bertz CT molecular complexity index is 319. The van der Waals surface area contributed by atoms with Crippen molar-refractivity contribution in [2.75, 3.05) is 24.5 Å². The van der Waals surface area contributed by atoms with E-state index in [1.165, 1.54) is 11.3 Å². The summed E-state index contributed by atoms with van der Waals surface area (Å²) in [6.45, 7) is 1.45. The van der Waals surface area contributed by atoms with Crippen molar-refractivity contribution < 1.29 is 4.39 Å². The Morgan fingerprint density at radius 1 is 1.40 bits per heavy atom. The molecule has 0 saturated heterocycles. The number of anilines is 1. The Balaban J connectivity index is 0.00000112. The van der Waals surface area contributed by atoms with Crippen LogP contribution in [0.1, 0.15) is 5.56 Å². The van der Waals surface area contributed by atoms with Gasteiger partial charge in [0.2, 0.25) is 0 Å². The zero-order valence-corrected chi connectivity index (χ0v) is 9.34. The molecule has 1 aromatic carbocycles. The minimum absolute atomic E-state index is 0. The van der Waals surface area contributed by atoms with E-state index in [1.807, 2.05) is 18.2 Å². The van der Waals surface area contributed by atoms with Gasteiger partial charge < -0.3 is 10.6 Å². The third-order valence-electron chi connectivity index (χ3n) is 2.66. The van der Waals surface area contributed by atoms with Crippen LogP contribution in [0.25, 0.3) is 0 Å². The van der Waals surface area contributed by atoms with Crippen LogP contribution in [0.5, 0.6) is 0 Å². The maximum absolute atomic E-state index is 13.1. The summed E-state index contributed by atoms with van der Waals surface area (Å²) in [7, 11) is 0. The topological polar surface area (TPSA) is 29.3 Å². The van der Waals surface area contributed by atoms with E-state index >= 15 is 0 Å². The minimum Gasteiger partial charge on any atom is -0.368 e. The molecule has 0 fully saturated rings. The van der Waals surface area contributed by atoms with Crippen LogP contribution in [0.2, 0.25) is 0 Å². The normalized spacial score (nSPS) is 15.7. The Kier molecular flexibility index (Phi) is 4.36. The van der Waals surface area contributed by atoms with Crippen LogP contribution in [0, 0.1) is 0 Å². The van der Waals surface area contributed by atoms with Crippen molar-refractivity contribution in [2.45, 2.75) is 12.6 Å². The van der Waals surface area contributed by atoms with Gasteiger partial charge in [0.1, 0.15) is 6.17 Å². The van der Waals surface area contributed by atoms with Gasteiger partial charge in [-0.3, -0.25) is 0 Å². The number of hydrogen-bond acceptors (Lipinski definition) is 2. The number of rotatable bonds is 3. The molecule has 0 aliphatic carbocycles. The quantitative estimate of drug-likeness (QED) is 0.858. The lowest BCUT2D eigenvalue weighted by Crippen LogP contribution is -2.32. The van der Waals surface area contributed by atoms with Crippen LogP contribution in [-0.2, 0) is 6.42 Å². The first-order valence-corrected chi connectivity index (χ1v) is 4.98. The molecule has 84 valence electrons. The number of halogens is 2. The molecule has 1 atom stereocenters. The highest BCUT2D eigenvalue weighted by Crippen LogP contribution is 2.27. The first kappa shape index (κ1) is 12.3. The second kappa shape index (κ2) is 5.33. The van der Waals surface area contributed by atoms with Crippen molar-refractivity contribution in [3.8, 4) is 0 Å². The number of nitrogens with two attached hydrogens (primary N) is 1. The smallest absolute Gasteiger partial charge is 0.130 e. The van der Waals surface area contributed by atoms with E-state index in [2.05, 4.69) is 11.0 Å². The van der Waals surface area contributed by atoms with Crippen LogP contribution in [0.3, 0.4) is 0 Å². The number of fused-ring (bicyclic) bond motifs is 1. The van der Waals surface area contributed by atoms with Crippen LogP contribution in [0.4, 0.5) is 10.1 Å². The van der Waals surface area contributed by atoms with E-state index in [0.29, 0.717) is 6.54 Å². The molecule has 1 aromatic rings. The highest BCUT2D eigenvalue weighted by atomic mass is 35.5. The molecule has 15 heavy (non-hydrogen) atoms. The van der Waals surface area contributed by atoms with Gasteiger partial charge in [-0.25, -0.2) is 4.39 Å². The highest BCUT2D eigenvalue weighted by molar-refractivity contribution is 5.85. The maximum atomic E-state index is 13.1. The van der Waals surface area contributed by atoms with Gasteiger partial charge in [0.25, 0.3) is 0 Å². The lowest BCUT2D eigenvalue weighted by molar-refractivity contribution is 0.344. The fourth-order valence-corrected chi connectivity index (χ4v) is 1.91. The summed E-state index contributed by atoms with van der Waals surface area (Å²) in [5.41, 5.74) is 7.75. The first-order chi connectivity index (χ1) is 6.81. The maximum Gasteiger partial charge on any atom is 0.130 e. The Hall–Kier alpha value is -0.800. The minimum atomic E-state index is -0.916. The first-order valence-electron chi connectivity index (χ1n) is 4.98. The number of alkyl halides is 1. The zero-order valence-electron chi connectivity index (χ0n) is 8.53. The SMILES string of the molecule is Cl.NCC(F)CN1CCc2ccccc21. The van der Waals surface area contributed by atoms with Crippen LogP contribution < -0.4 is 10.6 Å². The van der Waals surface area contributed by atoms with Gasteiger partial charge in [0.05, 0.1) is 6.54 Å². The summed E-state index contributed by atoms with van der Waals surface area (Å²) >= 11 is 0. The zero-order chi connectivity index (χ0) is 9.97. The summed E-state index contributed by atoms with van der Waals surface area (Å²) in [5.74, 6) is 0. The second-order valence-corrected chi connectivity index (χ2v) is 3.66. The number of hydrogen-bond donors (Lipinski definition) is 1. The average molecular weight is 231 g/mol. The molecule has 2 nitrogen and oxygen atoms in total. The molecule has 0 radical (unpaired) electrons. The van der Waals surface area contributed by atoms with Crippen molar-refractivity contribution in [1.82, 2.24) is 0 Å². The molecule has 0 spiro atoms. The molecule has 4 heteroatoms. The van der Waals surface area contributed by atoms with E-state index in [0.717, 1.165) is 13.0 Å². The molecule has 2 N–H and O–H groups in total. The highest BCUT2D eigenvalue weighted by Gasteiger charge is 2.20. The van der Waals surface area contributed by atoms with E-state index in [4.69, 9.17) is 5.73 Å². The molecule has 1 aliphatic heterocycles. The molecule has 0 bridgehead atoms.